The first-order valence-electron chi connectivity index (χ1n) is 8.55. The number of rotatable bonds is 2. The first-order valence-corrected chi connectivity index (χ1v) is 8.92. The molecule has 0 fully saturated rings. The molecular formula is C18H15ClN6O2. The minimum atomic E-state index is -0.226. The molecule has 0 aromatic carbocycles. The van der Waals surface area contributed by atoms with Crippen LogP contribution in [-0.2, 0) is 6.54 Å². The summed E-state index contributed by atoms with van der Waals surface area (Å²) in [6.07, 6.45) is 3.29. The van der Waals surface area contributed by atoms with Crippen LogP contribution in [-0.4, -0.2) is 41.7 Å². The van der Waals surface area contributed by atoms with E-state index in [2.05, 4.69) is 15.3 Å². The quantitative estimate of drug-likeness (QED) is 0.532. The SMILES string of the molecule is CC1c2nnc(-c3ccco3)n2CCN1C(=O)c1cc2ccc(Cl)cn2n1. The number of hydrogen-bond acceptors (Lipinski definition) is 5. The Bertz CT molecular complexity index is 1150. The minimum Gasteiger partial charge on any atom is -0.461 e. The number of pyridine rings is 1. The largest absolute Gasteiger partial charge is 0.461 e. The van der Waals surface area contributed by atoms with Crippen LogP contribution in [0.5, 0.6) is 0 Å². The summed E-state index contributed by atoms with van der Waals surface area (Å²) < 4.78 is 9.05. The molecule has 1 amide bonds. The Balaban J connectivity index is 1.47. The Hall–Kier alpha value is -3.13. The van der Waals surface area contributed by atoms with Gasteiger partial charge in [0.2, 0.25) is 0 Å². The van der Waals surface area contributed by atoms with Crippen molar-refractivity contribution in [3.05, 3.63) is 59.3 Å². The average Bonchev–Trinajstić information content (AvgIpc) is 3.39. The fourth-order valence-corrected chi connectivity index (χ4v) is 3.62. The summed E-state index contributed by atoms with van der Waals surface area (Å²) in [6.45, 7) is 3.07. The molecular weight excluding hydrogens is 368 g/mol. The number of hydrogen-bond donors (Lipinski definition) is 0. The number of carbonyl (C=O) groups is 1. The van der Waals surface area contributed by atoms with Gasteiger partial charge in [-0.15, -0.1) is 10.2 Å². The van der Waals surface area contributed by atoms with Crippen LogP contribution in [0.25, 0.3) is 17.1 Å². The number of amides is 1. The highest BCUT2D eigenvalue weighted by Gasteiger charge is 2.33. The van der Waals surface area contributed by atoms with Gasteiger partial charge in [0.25, 0.3) is 5.91 Å². The van der Waals surface area contributed by atoms with Gasteiger partial charge in [-0.3, -0.25) is 4.79 Å². The summed E-state index contributed by atoms with van der Waals surface area (Å²) in [7, 11) is 0. The van der Waals surface area contributed by atoms with Crippen molar-refractivity contribution in [2.75, 3.05) is 6.54 Å². The highest BCUT2D eigenvalue weighted by molar-refractivity contribution is 6.30. The highest BCUT2D eigenvalue weighted by Crippen LogP contribution is 2.29. The van der Waals surface area contributed by atoms with E-state index in [1.54, 1.807) is 34.0 Å². The van der Waals surface area contributed by atoms with Gasteiger partial charge in [0.05, 0.1) is 22.8 Å². The van der Waals surface area contributed by atoms with Crippen molar-refractivity contribution in [1.82, 2.24) is 29.3 Å². The Kier molecular flexibility index (Phi) is 3.54. The van der Waals surface area contributed by atoms with Crippen LogP contribution < -0.4 is 0 Å². The third-order valence-corrected chi connectivity index (χ3v) is 5.05. The van der Waals surface area contributed by atoms with Gasteiger partial charge in [-0.25, -0.2) is 4.52 Å². The molecule has 27 heavy (non-hydrogen) atoms. The summed E-state index contributed by atoms with van der Waals surface area (Å²) in [5, 5.41) is 13.5. The van der Waals surface area contributed by atoms with Crippen LogP contribution in [0.3, 0.4) is 0 Å². The molecule has 1 unspecified atom stereocenters. The molecule has 0 spiro atoms. The van der Waals surface area contributed by atoms with E-state index < -0.39 is 0 Å². The second kappa shape index (κ2) is 5.95. The first kappa shape index (κ1) is 16.1. The van der Waals surface area contributed by atoms with Crippen LogP contribution in [0.2, 0.25) is 5.02 Å². The lowest BCUT2D eigenvalue weighted by atomic mass is 10.2. The maximum atomic E-state index is 13.1. The van der Waals surface area contributed by atoms with Crippen molar-refractivity contribution in [3.63, 3.8) is 0 Å². The standard InChI is InChI=1S/C18H15ClN6O2/c1-11-16-20-21-17(15-3-2-8-27-15)24(16)7-6-23(11)18(26)14-9-13-5-4-12(19)10-25(13)22-14/h2-5,8-11H,6-7H2,1H3. The van der Waals surface area contributed by atoms with Crippen LogP contribution >= 0.6 is 11.6 Å². The molecule has 5 heterocycles. The Morgan fingerprint density at radius 1 is 1.26 bits per heavy atom. The Morgan fingerprint density at radius 2 is 2.15 bits per heavy atom. The van der Waals surface area contributed by atoms with Gasteiger partial charge >= 0.3 is 0 Å². The zero-order valence-corrected chi connectivity index (χ0v) is 15.2. The van der Waals surface area contributed by atoms with Crippen molar-refractivity contribution in [2.24, 2.45) is 0 Å². The lowest BCUT2D eigenvalue weighted by molar-refractivity contribution is 0.0632. The van der Waals surface area contributed by atoms with Crippen LogP contribution in [0.15, 0.2) is 47.2 Å². The summed E-state index contributed by atoms with van der Waals surface area (Å²) in [5.74, 6) is 1.93. The molecule has 4 aromatic rings. The molecule has 0 N–H and O–H groups in total. The monoisotopic (exact) mass is 382 g/mol. The van der Waals surface area contributed by atoms with Crippen molar-refractivity contribution in [1.29, 1.82) is 0 Å². The van der Waals surface area contributed by atoms with E-state index >= 15 is 0 Å². The van der Waals surface area contributed by atoms with Gasteiger partial charge in [0.1, 0.15) is 0 Å². The van der Waals surface area contributed by atoms with Gasteiger partial charge < -0.3 is 13.9 Å². The van der Waals surface area contributed by atoms with Gasteiger partial charge in [-0.1, -0.05) is 11.6 Å². The molecule has 0 radical (unpaired) electrons. The number of fused-ring (bicyclic) bond motifs is 2. The number of aromatic nitrogens is 5. The van der Waals surface area contributed by atoms with E-state index in [-0.39, 0.29) is 11.9 Å². The lowest BCUT2D eigenvalue weighted by Gasteiger charge is -2.33. The molecule has 1 atom stereocenters. The normalized spacial score (nSPS) is 16.7. The molecule has 5 rings (SSSR count). The number of carbonyl (C=O) groups excluding carboxylic acids is 1. The summed E-state index contributed by atoms with van der Waals surface area (Å²) in [5.41, 5.74) is 1.19. The first-order chi connectivity index (χ1) is 13.1. The Labute approximate surface area is 159 Å². The molecule has 1 aliphatic heterocycles. The molecule has 8 nitrogen and oxygen atoms in total. The Morgan fingerprint density at radius 3 is 2.96 bits per heavy atom. The fourth-order valence-electron chi connectivity index (χ4n) is 3.46. The van der Waals surface area contributed by atoms with Gasteiger partial charge in [0.15, 0.2) is 23.1 Å². The van der Waals surface area contributed by atoms with E-state index in [0.29, 0.717) is 35.4 Å². The van der Waals surface area contributed by atoms with Crippen molar-refractivity contribution in [3.8, 4) is 11.6 Å². The van der Waals surface area contributed by atoms with Crippen LogP contribution in [0.1, 0.15) is 29.3 Å². The second-order valence-electron chi connectivity index (χ2n) is 6.43. The van der Waals surface area contributed by atoms with E-state index in [9.17, 15) is 4.79 Å². The molecule has 136 valence electrons. The van der Waals surface area contributed by atoms with E-state index in [0.717, 1.165) is 11.3 Å². The topological polar surface area (TPSA) is 81.5 Å². The zero-order valence-electron chi connectivity index (χ0n) is 14.4. The van der Waals surface area contributed by atoms with E-state index in [1.165, 1.54) is 0 Å². The van der Waals surface area contributed by atoms with E-state index in [4.69, 9.17) is 16.0 Å². The van der Waals surface area contributed by atoms with Crippen LogP contribution in [0.4, 0.5) is 0 Å². The molecule has 0 saturated heterocycles. The number of furan rings is 1. The molecule has 0 bridgehead atoms. The van der Waals surface area contributed by atoms with Gasteiger partial charge in [-0.2, -0.15) is 5.10 Å². The minimum absolute atomic E-state index is 0.142. The van der Waals surface area contributed by atoms with Crippen molar-refractivity contribution in [2.45, 2.75) is 19.5 Å². The third-order valence-electron chi connectivity index (χ3n) is 4.83. The van der Waals surface area contributed by atoms with Gasteiger partial charge in [0, 0.05) is 19.3 Å². The molecule has 4 aromatic heterocycles. The number of halogens is 1. The third kappa shape index (κ3) is 2.52. The lowest BCUT2D eigenvalue weighted by Crippen LogP contribution is -2.41. The highest BCUT2D eigenvalue weighted by atomic mass is 35.5. The zero-order chi connectivity index (χ0) is 18.5. The maximum Gasteiger partial charge on any atom is 0.275 e. The van der Waals surface area contributed by atoms with E-state index in [1.807, 2.05) is 29.7 Å². The summed E-state index contributed by atoms with van der Waals surface area (Å²) in [4.78, 5) is 14.8. The van der Waals surface area contributed by atoms with Crippen molar-refractivity contribution >= 4 is 23.0 Å². The summed E-state index contributed by atoms with van der Waals surface area (Å²) in [6, 6.07) is 8.80. The fraction of sp³-hybridized carbons (Fsp3) is 0.222. The smallest absolute Gasteiger partial charge is 0.275 e. The van der Waals surface area contributed by atoms with Crippen LogP contribution in [0, 0.1) is 0 Å². The maximum absolute atomic E-state index is 13.1. The molecule has 0 aliphatic carbocycles. The van der Waals surface area contributed by atoms with Crippen molar-refractivity contribution < 1.29 is 9.21 Å². The second-order valence-corrected chi connectivity index (χ2v) is 6.87. The average molecular weight is 383 g/mol. The molecule has 9 heteroatoms. The molecule has 1 aliphatic rings. The predicted molar refractivity (Wildman–Crippen MR) is 97.4 cm³/mol. The summed E-state index contributed by atoms with van der Waals surface area (Å²) >= 11 is 6.00. The van der Waals surface area contributed by atoms with Gasteiger partial charge in [-0.05, 0) is 37.3 Å². The predicted octanol–water partition coefficient (Wildman–Crippen LogP) is 3.06. The number of nitrogens with zero attached hydrogens (tertiary/aromatic N) is 6. The molecule has 0 saturated carbocycles.